The molecule has 0 bridgehead atoms. The van der Waals surface area contributed by atoms with Crippen LogP contribution in [-0.4, -0.2) is 31.2 Å². The molecule has 0 saturated carbocycles. The monoisotopic (exact) mass is 275 g/mol. The molecule has 7 nitrogen and oxygen atoms in total. The normalized spacial score (nSPS) is 11.3. The summed E-state index contributed by atoms with van der Waals surface area (Å²) in [7, 11) is 0. The molecule has 0 spiro atoms. The summed E-state index contributed by atoms with van der Waals surface area (Å²) in [6.45, 7) is 5.46. The Kier molecular flexibility index (Phi) is 3.69. The Morgan fingerprint density at radius 2 is 1.85 bits per heavy atom. The predicted molar refractivity (Wildman–Crippen MR) is 73.5 cm³/mol. The maximum absolute atomic E-state index is 12.1. The molecule has 0 aliphatic rings. The van der Waals surface area contributed by atoms with Crippen LogP contribution in [-0.2, 0) is 11.3 Å². The van der Waals surface area contributed by atoms with Gasteiger partial charge in [-0.05, 0) is 43.3 Å². The molecule has 106 valence electrons. The van der Waals surface area contributed by atoms with E-state index in [0.717, 1.165) is 9.36 Å². The van der Waals surface area contributed by atoms with E-state index in [4.69, 9.17) is 0 Å². The van der Waals surface area contributed by atoms with Crippen LogP contribution < -0.4 is 11.0 Å². The molecule has 0 fully saturated rings. The van der Waals surface area contributed by atoms with E-state index >= 15 is 0 Å². The molecule has 0 radical (unpaired) electrons. The van der Waals surface area contributed by atoms with Crippen molar-refractivity contribution < 1.29 is 4.79 Å². The van der Waals surface area contributed by atoms with Crippen molar-refractivity contribution in [3.63, 3.8) is 0 Å². The number of nitrogens with zero attached hydrogens (tertiary/aromatic N) is 4. The number of rotatable bonds is 3. The van der Waals surface area contributed by atoms with Crippen molar-refractivity contribution in [2.24, 2.45) is 0 Å². The molecule has 0 aliphatic carbocycles. The Morgan fingerprint density at radius 1 is 1.20 bits per heavy atom. The third kappa shape index (κ3) is 3.31. The van der Waals surface area contributed by atoms with E-state index in [-0.39, 0.29) is 18.0 Å². The van der Waals surface area contributed by atoms with Crippen LogP contribution in [0.1, 0.15) is 20.8 Å². The fraction of sp³-hybridized carbons (Fsp3) is 0.385. The van der Waals surface area contributed by atoms with Crippen molar-refractivity contribution in [2.75, 3.05) is 0 Å². The van der Waals surface area contributed by atoms with Crippen LogP contribution in [0.4, 0.5) is 0 Å². The Balaban J connectivity index is 2.18. The van der Waals surface area contributed by atoms with Crippen LogP contribution >= 0.6 is 0 Å². The van der Waals surface area contributed by atoms with E-state index < -0.39 is 5.69 Å². The molecule has 2 rings (SSSR count). The van der Waals surface area contributed by atoms with Crippen molar-refractivity contribution in [3.05, 3.63) is 40.8 Å². The van der Waals surface area contributed by atoms with Crippen molar-refractivity contribution in [3.8, 4) is 5.69 Å². The van der Waals surface area contributed by atoms with Crippen LogP contribution in [0.2, 0.25) is 0 Å². The van der Waals surface area contributed by atoms with Crippen molar-refractivity contribution in [2.45, 2.75) is 32.9 Å². The summed E-state index contributed by atoms with van der Waals surface area (Å²) in [5, 5.41) is 10.3. The van der Waals surface area contributed by atoms with E-state index in [9.17, 15) is 9.59 Å². The number of hydrogen-bond donors (Lipinski definition) is 1. The van der Waals surface area contributed by atoms with Crippen molar-refractivity contribution >= 4 is 5.91 Å². The number of para-hydroxylation sites is 1. The van der Waals surface area contributed by atoms with Gasteiger partial charge in [0.2, 0.25) is 5.91 Å². The van der Waals surface area contributed by atoms with Crippen LogP contribution in [0.25, 0.3) is 5.69 Å². The SMILES string of the molecule is CC(C)(C)NC(=O)Cn1nnn(-c2ccccc2)c1=O. The molecule has 1 amide bonds. The molecule has 20 heavy (non-hydrogen) atoms. The van der Waals surface area contributed by atoms with Gasteiger partial charge in [0.25, 0.3) is 0 Å². The number of amides is 1. The molecule has 1 aromatic heterocycles. The van der Waals surface area contributed by atoms with E-state index in [1.807, 2.05) is 26.8 Å². The summed E-state index contributed by atoms with van der Waals surface area (Å²) in [4.78, 5) is 23.9. The molecular formula is C13H17N5O2. The number of aromatic nitrogens is 4. The van der Waals surface area contributed by atoms with Gasteiger partial charge in [-0.25, -0.2) is 4.79 Å². The standard InChI is InChI=1S/C13H17N5O2/c1-13(2,3)14-11(19)9-17-12(20)18(16-15-17)10-7-5-4-6-8-10/h4-8H,9H2,1-3H3,(H,14,19). The zero-order chi connectivity index (χ0) is 14.8. The number of hydrogen-bond acceptors (Lipinski definition) is 4. The van der Waals surface area contributed by atoms with Crippen molar-refractivity contribution in [1.29, 1.82) is 0 Å². The van der Waals surface area contributed by atoms with Crippen LogP contribution in [0.3, 0.4) is 0 Å². The summed E-state index contributed by atoms with van der Waals surface area (Å²) >= 11 is 0. The lowest BCUT2D eigenvalue weighted by Crippen LogP contribution is -2.43. The third-order valence-electron chi connectivity index (χ3n) is 2.45. The first-order valence-corrected chi connectivity index (χ1v) is 6.26. The van der Waals surface area contributed by atoms with Gasteiger partial charge in [-0.2, -0.15) is 9.36 Å². The van der Waals surface area contributed by atoms with Gasteiger partial charge in [0.05, 0.1) is 5.69 Å². The molecule has 1 N–H and O–H groups in total. The number of benzene rings is 1. The quantitative estimate of drug-likeness (QED) is 0.876. The predicted octanol–water partition coefficient (Wildman–Crippen LogP) is 0.344. The molecular weight excluding hydrogens is 258 g/mol. The second kappa shape index (κ2) is 5.28. The molecule has 1 aromatic carbocycles. The second-order valence-electron chi connectivity index (χ2n) is 5.46. The fourth-order valence-electron chi connectivity index (χ4n) is 1.70. The summed E-state index contributed by atoms with van der Waals surface area (Å²) in [5.74, 6) is -0.278. The zero-order valence-electron chi connectivity index (χ0n) is 11.7. The molecule has 2 aromatic rings. The van der Waals surface area contributed by atoms with Crippen LogP contribution in [0.15, 0.2) is 35.1 Å². The number of nitrogens with one attached hydrogen (secondary N) is 1. The first-order valence-electron chi connectivity index (χ1n) is 6.26. The van der Waals surface area contributed by atoms with Gasteiger partial charge in [-0.1, -0.05) is 18.2 Å². The summed E-state index contributed by atoms with van der Waals surface area (Å²) in [6.07, 6.45) is 0. The molecule has 1 heterocycles. The lowest BCUT2D eigenvalue weighted by molar-refractivity contribution is -0.123. The zero-order valence-corrected chi connectivity index (χ0v) is 11.7. The highest BCUT2D eigenvalue weighted by Crippen LogP contribution is 2.01. The van der Waals surface area contributed by atoms with E-state index in [0.29, 0.717) is 5.69 Å². The lowest BCUT2D eigenvalue weighted by atomic mass is 10.1. The average molecular weight is 275 g/mol. The smallest absolute Gasteiger partial charge is 0.350 e. The molecule has 7 heteroatoms. The first-order chi connectivity index (χ1) is 9.37. The number of tetrazole rings is 1. The largest absolute Gasteiger partial charge is 0.368 e. The topological polar surface area (TPSA) is 81.8 Å². The number of carbonyl (C=O) groups excluding carboxylic acids is 1. The molecule has 0 aliphatic heterocycles. The van der Waals surface area contributed by atoms with Crippen LogP contribution in [0, 0.1) is 0 Å². The van der Waals surface area contributed by atoms with Crippen LogP contribution in [0.5, 0.6) is 0 Å². The maximum atomic E-state index is 12.1. The highest BCUT2D eigenvalue weighted by Gasteiger charge is 2.16. The minimum Gasteiger partial charge on any atom is -0.350 e. The van der Waals surface area contributed by atoms with E-state index in [1.165, 1.54) is 0 Å². The third-order valence-corrected chi connectivity index (χ3v) is 2.45. The highest BCUT2D eigenvalue weighted by molar-refractivity contribution is 5.76. The maximum Gasteiger partial charge on any atom is 0.368 e. The first kappa shape index (κ1) is 14.0. The minimum absolute atomic E-state index is 0.150. The van der Waals surface area contributed by atoms with Gasteiger partial charge < -0.3 is 5.32 Å². The van der Waals surface area contributed by atoms with E-state index in [1.54, 1.807) is 24.3 Å². The van der Waals surface area contributed by atoms with Gasteiger partial charge in [0, 0.05) is 5.54 Å². The van der Waals surface area contributed by atoms with Gasteiger partial charge in [0.15, 0.2) is 0 Å². The van der Waals surface area contributed by atoms with Gasteiger partial charge in [-0.15, -0.1) is 0 Å². The number of carbonyl (C=O) groups is 1. The molecule has 0 unspecified atom stereocenters. The summed E-state index contributed by atoms with van der Waals surface area (Å²) < 4.78 is 2.19. The summed E-state index contributed by atoms with van der Waals surface area (Å²) in [6, 6.07) is 8.93. The minimum atomic E-state index is -0.444. The van der Waals surface area contributed by atoms with Gasteiger partial charge in [0.1, 0.15) is 6.54 Å². The summed E-state index contributed by atoms with van der Waals surface area (Å²) in [5.41, 5.74) is -0.184. The molecule has 0 saturated heterocycles. The average Bonchev–Trinajstić information content (AvgIpc) is 2.70. The van der Waals surface area contributed by atoms with Crippen molar-refractivity contribution in [1.82, 2.24) is 25.1 Å². The Labute approximate surface area is 116 Å². The Hall–Kier alpha value is -2.44. The van der Waals surface area contributed by atoms with Gasteiger partial charge >= 0.3 is 5.69 Å². The molecule has 0 atom stereocenters. The second-order valence-corrected chi connectivity index (χ2v) is 5.46. The highest BCUT2D eigenvalue weighted by atomic mass is 16.2. The fourth-order valence-corrected chi connectivity index (χ4v) is 1.70. The Morgan fingerprint density at radius 3 is 2.45 bits per heavy atom. The van der Waals surface area contributed by atoms with E-state index in [2.05, 4.69) is 15.7 Å². The Bertz CT molecular complexity index is 651. The lowest BCUT2D eigenvalue weighted by Gasteiger charge is -2.19. The van der Waals surface area contributed by atoms with Gasteiger partial charge in [-0.3, -0.25) is 4.79 Å².